The molecular formula is C22H24N4O2. The molecule has 1 aromatic heterocycles. The smallest absolute Gasteiger partial charge is 0.407 e. The minimum Gasteiger partial charge on any atom is -0.465 e. The van der Waals surface area contributed by atoms with Gasteiger partial charge in [0.1, 0.15) is 0 Å². The van der Waals surface area contributed by atoms with Gasteiger partial charge in [-0.15, -0.1) is 0 Å². The molecule has 6 heteroatoms. The maximum absolute atomic E-state index is 11.8. The van der Waals surface area contributed by atoms with Crippen LogP contribution in [-0.4, -0.2) is 32.6 Å². The lowest BCUT2D eigenvalue weighted by molar-refractivity contribution is 0.146. The second-order valence-electron chi connectivity index (χ2n) is 7.19. The molecule has 0 atom stereocenters. The van der Waals surface area contributed by atoms with E-state index in [1.807, 2.05) is 36.4 Å². The second-order valence-corrected chi connectivity index (χ2v) is 7.19. The van der Waals surface area contributed by atoms with Crippen LogP contribution in [0.3, 0.4) is 0 Å². The van der Waals surface area contributed by atoms with Crippen molar-refractivity contribution in [2.75, 3.05) is 12.0 Å². The van der Waals surface area contributed by atoms with Crippen molar-refractivity contribution in [1.29, 1.82) is 0 Å². The van der Waals surface area contributed by atoms with Gasteiger partial charge in [-0.1, -0.05) is 42.0 Å². The summed E-state index contributed by atoms with van der Waals surface area (Å²) in [6, 6.07) is 10.0. The molecule has 0 saturated carbocycles. The summed E-state index contributed by atoms with van der Waals surface area (Å²) >= 11 is 0. The highest BCUT2D eigenvalue weighted by molar-refractivity contribution is 5.65. The summed E-state index contributed by atoms with van der Waals surface area (Å²) in [5.41, 5.74) is 9.09. The third-order valence-electron chi connectivity index (χ3n) is 5.17. The van der Waals surface area contributed by atoms with Crippen LogP contribution in [0.1, 0.15) is 29.5 Å². The van der Waals surface area contributed by atoms with Crippen molar-refractivity contribution < 1.29 is 9.90 Å². The predicted octanol–water partition coefficient (Wildman–Crippen LogP) is 4.18. The van der Waals surface area contributed by atoms with Gasteiger partial charge in [-0.3, -0.25) is 4.98 Å². The highest BCUT2D eigenvalue weighted by Crippen LogP contribution is 2.28. The summed E-state index contributed by atoms with van der Waals surface area (Å²) in [5, 5.41) is 11.9. The first kappa shape index (κ1) is 18.3. The van der Waals surface area contributed by atoms with E-state index in [9.17, 15) is 9.90 Å². The third-order valence-corrected chi connectivity index (χ3v) is 5.17. The zero-order valence-electron chi connectivity index (χ0n) is 15.7. The summed E-state index contributed by atoms with van der Waals surface area (Å²) in [5.74, 6) is 0. The molecule has 0 bridgehead atoms. The van der Waals surface area contributed by atoms with E-state index >= 15 is 0 Å². The normalized spacial score (nSPS) is 15.8. The molecule has 28 heavy (non-hydrogen) atoms. The third kappa shape index (κ3) is 4.23. The molecule has 2 aromatic rings. The lowest BCUT2D eigenvalue weighted by Gasteiger charge is -2.23. The number of nitrogens with zero attached hydrogens (tertiary/aromatic N) is 3. The maximum atomic E-state index is 11.8. The number of aromatic nitrogens is 1. The van der Waals surface area contributed by atoms with E-state index in [4.69, 9.17) is 0 Å². The molecule has 0 radical (unpaired) electrons. The van der Waals surface area contributed by atoms with Gasteiger partial charge in [-0.05, 0) is 41.7 Å². The molecule has 2 heterocycles. The SMILES string of the molecule is O=C(O)N(CC1=CC=CCC1)Cc1cccc2c1CN(Nc1ccncc1)C2. The van der Waals surface area contributed by atoms with E-state index in [0.29, 0.717) is 13.1 Å². The minimum absolute atomic E-state index is 0.405. The number of carboxylic acid groups (broad SMARTS) is 1. The number of benzene rings is 1. The van der Waals surface area contributed by atoms with Gasteiger partial charge in [-0.25, -0.2) is 9.80 Å². The molecule has 0 fully saturated rings. The lowest BCUT2D eigenvalue weighted by Crippen LogP contribution is -2.31. The van der Waals surface area contributed by atoms with Crippen LogP contribution in [0.4, 0.5) is 10.5 Å². The van der Waals surface area contributed by atoms with E-state index in [-0.39, 0.29) is 0 Å². The molecule has 1 aromatic carbocycles. The van der Waals surface area contributed by atoms with Gasteiger partial charge in [0.25, 0.3) is 0 Å². The average Bonchev–Trinajstić information content (AvgIpc) is 3.12. The number of carbonyl (C=O) groups is 1. The quantitative estimate of drug-likeness (QED) is 0.792. The van der Waals surface area contributed by atoms with E-state index in [0.717, 1.165) is 37.2 Å². The minimum atomic E-state index is -0.877. The van der Waals surface area contributed by atoms with Crippen molar-refractivity contribution >= 4 is 11.8 Å². The van der Waals surface area contributed by atoms with Crippen LogP contribution in [0.5, 0.6) is 0 Å². The molecule has 0 spiro atoms. The fourth-order valence-corrected chi connectivity index (χ4v) is 3.75. The van der Waals surface area contributed by atoms with Crippen molar-refractivity contribution in [3.63, 3.8) is 0 Å². The van der Waals surface area contributed by atoms with Gasteiger partial charge in [0.15, 0.2) is 0 Å². The molecule has 144 valence electrons. The Kier molecular flexibility index (Phi) is 5.39. The molecule has 1 aliphatic carbocycles. The molecule has 4 rings (SSSR count). The Morgan fingerprint density at radius 3 is 2.79 bits per heavy atom. The number of rotatable bonds is 6. The molecule has 1 amide bonds. The van der Waals surface area contributed by atoms with Crippen LogP contribution in [0.15, 0.2) is 66.5 Å². The van der Waals surface area contributed by atoms with Crippen LogP contribution in [0, 0.1) is 0 Å². The molecule has 2 aliphatic rings. The number of anilines is 1. The zero-order chi connectivity index (χ0) is 19.3. The summed E-state index contributed by atoms with van der Waals surface area (Å²) in [7, 11) is 0. The van der Waals surface area contributed by atoms with Crippen LogP contribution in [-0.2, 0) is 19.6 Å². The Morgan fingerprint density at radius 2 is 2.04 bits per heavy atom. The number of nitrogens with one attached hydrogen (secondary N) is 1. The van der Waals surface area contributed by atoms with Gasteiger partial charge >= 0.3 is 6.09 Å². The first-order valence-electron chi connectivity index (χ1n) is 9.53. The summed E-state index contributed by atoms with van der Waals surface area (Å²) in [4.78, 5) is 17.4. The number of hydrazine groups is 1. The predicted molar refractivity (Wildman–Crippen MR) is 108 cm³/mol. The van der Waals surface area contributed by atoms with E-state index in [2.05, 4.69) is 27.6 Å². The molecular weight excluding hydrogens is 352 g/mol. The Morgan fingerprint density at radius 1 is 1.18 bits per heavy atom. The van der Waals surface area contributed by atoms with Crippen LogP contribution in [0.25, 0.3) is 0 Å². The summed E-state index contributed by atoms with van der Waals surface area (Å²) < 4.78 is 0. The Balaban J connectivity index is 1.48. The fourth-order valence-electron chi connectivity index (χ4n) is 3.75. The monoisotopic (exact) mass is 376 g/mol. The van der Waals surface area contributed by atoms with Crippen molar-refractivity contribution in [1.82, 2.24) is 14.9 Å². The number of pyridine rings is 1. The molecule has 6 nitrogen and oxygen atoms in total. The highest BCUT2D eigenvalue weighted by atomic mass is 16.4. The van der Waals surface area contributed by atoms with E-state index in [1.54, 1.807) is 12.4 Å². The maximum Gasteiger partial charge on any atom is 0.407 e. The Labute approximate surface area is 164 Å². The average molecular weight is 376 g/mol. The van der Waals surface area contributed by atoms with Gasteiger partial charge in [-0.2, -0.15) is 0 Å². The Bertz CT molecular complexity index is 908. The highest BCUT2D eigenvalue weighted by Gasteiger charge is 2.24. The van der Waals surface area contributed by atoms with Crippen molar-refractivity contribution in [2.24, 2.45) is 0 Å². The molecule has 0 unspecified atom stereocenters. The topological polar surface area (TPSA) is 68.7 Å². The number of fused-ring (bicyclic) bond motifs is 1. The van der Waals surface area contributed by atoms with Crippen molar-refractivity contribution in [3.05, 3.63) is 83.2 Å². The van der Waals surface area contributed by atoms with Gasteiger partial charge in [0.05, 0.1) is 5.69 Å². The standard InChI is InChI=1S/C22H24N4O2/c27-22(28)25(13-17-5-2-1-3-6-17)14-18-7-4-8-19-15-26(16-21(18)19)24-20-9-11-23-12-10-20/h1-2,4-5,7-12H,3,6,13-16H2,(H,23,24)(H,27,28). The molecule has 1 aliphatic heterocycles. The van der Waals surface area contributed by atoms with Gasteiger partial charge < -0.3 is 15.4 Å². The van der Waals surface area contributed by atoms with Crippen LogP contribution in [0.2, 0.25) is 0 Å². The molecule has 2 N–H and O–H groups in total. The lowest BCUT2D eigenvalue weighted by atomic mass is 10.0. The Hall–Kier alpha value is -3.12. The van der Waals surface area contributed by atoms with Crippen LogP contribution < -0.4 is 5.43 Å². The van der Waals surface area contributed by atoms with Crippen LogP contribution >= 0.6 is 0 Å². The number of allylic oxidation sites excluding steroid dienone is 3. The van der Waals surface area contributed by atoms with E-state index in [1.165, 1.54) is 21.6 Å². The summed E-state index contributed by atoms with van der Waals surface area (Å²) in [6.07, 6.45) is 10.7. The number of hydrogen-bond donors (Lipinski definition) is 2. The zero-order valence-corrected chi connectivity index (χ0v) is 15.7. The van der Waals surface area contributed by atoms with Crippen molar-refractivity contribution in [2.45, 2.75) is 32.5 Å². The van der Waals surface area contributed by atoms with Crippen molar-refractivity contribution in [3.8, 4) is 0 Å². The van der Waals surface area contributed by atoms with Gasteiger partial charge in [0, 0.05) is 38.6 Å². The number of hydrogen-bond acceptors (Lipinski definition) is 4. The summed E-state index contributed by atoms with van der Waals surface area (Å²) in [6.45, 7) is 2.40. The number of amides is 1. The first-order valence-corrected chi connectivity index (χ1v) is 9.53. The largest absolute Gasteiger partial charge is 0.465 e. The second kappa shape index (κ2) is 8.27. The molecule has 0 saturated heterocycles. The van der Waals surface area contributed by atoms with Gasteiger partial charge in [0.2, 0.25) is 0 Å². The van der Waals surface area contributed by atoms with E-state index < -0.39 is 6.09 Å². The first-order chi connectivity index (χ1) is 13.7. The fraction of sp³-hybridized carbons (Fsp3) is 0.273.